The minimum atomic E-state index is -0.483. The number of rotatable bonds is 5. The van der Waals surface area contributed by atoms with E-state index < -0.39 is 11.5 Å². The van der Waals surface area contributed by atoms with Crippen LogP contribution in [0.3, 0.4) is 0 Å². The molecule has 1 atom stereocenters. The van der Waals surface area contributed by atoms with Crippen molar-refractivity contribution in [3.63, 3.8) is 0 Å². The number of nitrogens with zero attached hydrogens (tertiary/aromatic N) is 4. The van der Waals surface area contributed by atoms with Crippen LogP contribution in [0.25, 0.3) is 22.2 Å². The summed E-state index contributed by atoms with van der Waals surface area (Å²) in [5, 5.41) is 2.83. The zero-order valence-corrected chi connectivity index (χ0v) is 14.4. The Morgan fingerprint density at radius 1 is 1.16 bits per heavy atom. The Morgan fingerprint density at radius 2 is 1.80 bits per heavy atom. The molecule has 1 amide bonds. The minimum absolute atomic E-state index is 0.0684. The van der Waals surface area contributed by atoms with E-state index in [-0.39, 0.29) is 23.2 Å². The predicted molar refractivity (Wildman–Crippen MR) is 95.3 cm³/mol. The molecule has 0 spiro atoms. The zero-order chi connectivity index (χ0) is 18.0. The lowest BCUT2D eigenvalue weighted by Crippen LogP contribution is -2.46. The molecule has 130 valence electrons. The number of carbonyl (C=O) groups excluding carboxylic acids is 1. The van der Waals surface area contributed by atoms with Crippen LogP contribution < -0.4 is 10.9 Å². The van der Waals surface area contributed by atoms with Gasteiger partial charge in [0.2, 0.25) is 5.82 Å². The second-order valence-corrected chi connectivity index (χ2v) is 5.67. The number of hydrogen-bond donors (Lipinski definition) is 2. The maximum absolute atomic E-state index is 12.4. The number of fused-ring (bicyclic) bond motifs is 2. The van der Waals surface area contributed by atoms with Crippen molar-refractivity contribution in [1.82, 2.24) is 30.2 Å². The van der Waals surface area contributed by atoms with Gasteiger partial charge in [-0.2, -0.15) is 0 Å². The Bertz CT molecular complexity index is 980. The summed E-state index contributed by atoms with van der Waals surface area (Å²) < 4.78 is 0. The molecule has 1 aromatic carbocycles. The highest BCUT2D eigenvalue weighted by Gasteiger charge is 2.18. The number of para-hydroxylation sites is 2. The molecule has 8 heteroatoms. The molecule has 0 bridgehead atoms. The van der Waals surface area contributed by atoms with E-state index in [1.807, 2.05) is 32.9 Å². The van der Waals surface area contributed by atoms with Crippen LogP contribution in [0.15, 0.2) is 29.1 Å². The molecule has 0 radical (unpaired) electrons. The number of nitrogens with one attached hydrogen (secondary N) is 2. The van der Waals surface area contributed by atoms with Gasteiger partial charge in [0.05, 0.1) is 17.2 Å². The number of benzene rings is 1. The van der Waals surface area contributed by atoms with E-state index in [4.69, 9.17) is 0 Å². The van der Waals surface area contributed by atoms with Gasteiger partial charge in [0.1, 0.15) is 0 Å². The standard InChI is InChI=1S/C17H20N6O2/c1-4-23(5-2)10(3)18-17(25)15-21-14-13(16(24)22-15)19-11-8-6-7-9-12(11)20-14/h6-10H,4-5H2,1-3H3,(H,18,25)(H,20,21,22,24). The number of carbonyl (C=O) groups is 1. The number of amides is 1. The van der Waals surface area contributed by atoms with Crippen LogP contribution in [0.1, 0.15) is 31.4 Å². The van der Waals surface area contributed by atoms with Crippen molar-refractivity contribution in [1.29, 1.82) is 0 Å². The molecule has 2 N–H and O–H groups in total. The summed E-state index contributed by atoms with van der Waals surface area (Å²) in [6.07, 6.45) is -0.175. The van der Waals surface area contributed by atoms with Crippen LogP contribution in [0.5, 0.6) is 0 Å². The lowest BCUT2D eigenvalue weighted by atomic mass is 10.3. The van der Waals surface area contributed by atoms with Crippen LogP contribution in [0.2, 0.25) is 0 Å². The van der Waals surface area contributed by atoms with E-state index in [9.17, 15) is 9.59 Å². The summed E-state index contributed by atoms with van der Waals surface area (Å²) in [6.45, 7) is 7.53. The molecule has 0 aliphatic heterocycles. The fourth-order valence-corrected chi connectivity index (χ4v) is 2.75. The van der Waals surface area contributed by atoms with Crippen molar-refractivity contribution < 1.29 is 4.79 Å². The summed E-state index contributed by atoms with van der Waals surface area (Å²) in [7, 11) is 0. The van der Waals surface area contributed by atoms with Crippen LogP contribution in [-0.4, -0.2) is 50.0 Å². The summed E-state index contributed by atoms with van der Waals surface area (Å²) in [5.74, 6) is -0.519. The lowest BCUT2D eigenvalue weighted by molar-refractivity contribution is 0.0864. The van der Waals surface area contributed by atoms with E-state index in [1.165, 1.54) is 0 Å². The average Bonchev–Trinajstić information content (AvgIpc) is 2.61. The highest BCUT2D eigenvalue weighted by atomic mass is 16.2. The Balaban J connectivity index is 1.98. The highest BCUT2D eigenvalue weighted by molar-refractivity contribution is 5.92. The smallest absolute Gasteiger partial charge is 0.288 e. The second kappa shape index (κ2) is 6.94. The van der Waals surface area contributed by atoms with Gasteiger partial charge in [0, 0.05) is 0 Å². The molecule has 25 heavy (non-hydrogen) atoms. The van der Waals surface area contributed by atoms with Crippen LogP contribution >= 0.6 is 0 Å². The van der Waals surface area contributed by atoms with Crippen molar-refractivity contribution in [3.8, 4) is 0 Å². The fraction of sp³-hybridized carbons (Fsp3) is 0.353. The van der Waals surface area contributed by atoms with Gasteiger partial charge in [0.15, 0.2) is 11.2 Å². The largest absolute Gasteiger partial charge is 0.334 e. The van der Waals surface area contributed by atoms with Gasteiger partial charge in [-0.25, -0.2) is 15.0 Å². The van der Waals surface area contributed by atoms with Crippen molar-refractivity contribution in [3.05, 3.63) is 40.4 Å². The van der Waals surface area contributed by atoms with E-state index in [0.29, 0.717) is 11.0 Å². The number of H-pyrrole nitrogens is 1. The van der Waals surface area contributed by atoms with Crippen molar-refractivity contribution in [2.45, 2.75) is 26.9 Å². The average molecular weight is 340 g/mol. The summed E-state index contributed by atoms with van der Waals surface area (Å²) >= 11 is 0. The minimum Gasteiger partial charge on any atom is -0.334 e. The summed E-state index contributed by atoms with van der Waals surface area (Å²) in [5.41, 5.74) is 1.02. The van der Waals surface area contributed by atoms with Crippen molar-refractivity contribution in [2.24, 2.45) is 0 Å². The third-order valence-corrected chi connectivity index (χ3v) is 4.13. The molecule has 0 aliphatic carbocycles. The van der Waals surface area contributed by atoms with Gasteiger partial charge in [0.25, 0.3) is 11.5 Å². The van der Waals surface area contributed by atoms with Crippen LogP contribution in [-0.2, 0) is 0 Å². The topological polar surface area (TPSA) is 104 Å². The number of aromatic nitrogens is 4. The molecule has 3 rings (SSSR count). The Hall–Kier alpha value is -2.87. The van der Waals surface area contributed by atoms with E-state index in [1.54, 1.807) is 12.1 Å². The van der Waals surface area contributed by atoms with Crippen LogP contribution in [0.4, 0.5) is 0 Å². The SMILES string of the molecule is CCN(CC)C(C)NC(=O)c1nc2nc3ccccc3nc2c(=O)[nH]1. The molecule has 0 saturated heterocycles. The van der Waals surface area contributed by atoms with Gasteiger partial charge >= 0.3 is 0 Å². The first-order chi connectivity index (χ1) is 12.0. The molecule has 8 nitrogen and oxygen atoms in total. The molecule has 2 heterocycles. The summed E-state index contributed by atoms with van der Waals surface area (Å²) in [6, 6.07) is 7.21. The van der Waals surface area contributed by atoms with Gasteiger partial charge in [-0.15, -0.1) is 0 Å². The van der Waals surface area contributed by atoms with Crippen LogP contribution in [0, 0.1) is 0 Å². The maximum atomic E-state index is 12.4. The van der Waals surface area contributed by atoms with Gasteiger partial charge < -0.3 is 10.3 Å². The molecule has 2 aromatic heterocycles. The highest BCUT2D eigenvalue weighted by Crippen LogP contribution is 2.11. The van der Waals surface area contributed by atoms with E-state index in [0.717, 1.165) is 13.1 Å². The molecular formula is C17H20N6O2. The first-order valence-corrected chi connectivity index (χ1v) is 8.25. The summed E-state index contributed by atoms with van der Waals surface area (Å²) in [4.78, 5) is 42.1. The third kappa shape index (κ3) is 3.34. The lowest BCUT2D eigenvalue weighted by Gasteiger charge is -2.26. The van der Waals surface area contributed by atoms with Gasteiger partial charge in [-0.3, -0.25) is 14.5 Å². The molecule has 3 aromatic rings. The number of aromatic amines is 1. The molecule has 0 aliphatic rings. The number of hydrogen-bond acceptors (Lipinski definition) is 6. The third-order valence-electron chi connectivity index (χ3n) is 4.13. The quantitative estimate of drug-likeness (QED) is 0.536. The zero-order valence-electron chi connectivity index (χ0n) is 14.4. The van der Waals surface area contributed by atoms with Crippen molar-refractivity contribution in [2.75, 3.05) is 13.1 Å². The van der Waals surface area contributed by atoms with Crippen molar-refractivity contribution >= 4 is 28.1 Å². The Kier molecular flexibility index (Phi) is 4.71. The fourth-order valence-electron chi connectivity index (χ4n) is 2.75. The monoisotopic (exact) mass is 340 g/mol. The molecule has 1 unspecified atom stereocenters. The second-order valence-electron chi connectivity index (χ2n) is 5.67. The predicted octanol–water partition coefficient (Wildman–Crippen LogP) is 1.28. The normalized spacial score (nSPS) is 12.6. The van der Waals surface area contributed by atoms with E-state index >= 15 is 0 Å². The van der Waals surface area contributed by atoms with Gasteiger partial charge in [-0.05, 0) is 32.1 Å². The first kappa shape index (κ1) is 17.0. The molecule has 0 saturated carbocycles. The van der Waals surface area contributed by atoms with Gasteiger partial charge in [-0.1, -0.05) is 26.0 Å². The maximum Gasteiger partial charge on any atom is 0.288 e. The van der Waals surface area contributed by atoms with E-state index in [2.05, 4.69) is 30.2 Å². The Labute approximate surface area is 144 Å². The molecular weight excluding hydrogens is 320 g/mol. The Morgan fingerprint density at radius 3 is 2.44 bits per heavy atom. The molecule has 0 fully saturated rings. The first-order valence-electron chi connectivity index (χ1n) is 8.25.